The van der Waals surface area contributed by atoms with Gasteiger partial charge in [-0.05, 0) is 6.92 Å². The molecule has 7 nitrogen and oxygen atoms in total. The van der Waals surface area contributed by atoms with E-state index < -0.39 is 34.4 Å². The Balaban J connectivity index is 2.79. The highest BCUT2D eigenvalue weighted by Gasteiger charge is 2.33. The first-order chi connectivity index (χ1) is 8.76. The first-order valence-electron chi connectivity index (χ1n) is 5.85. The van der Waals surface area contributed by atoms with Crippen LogP contribution in [0.2, 0.25) is 0 Å². The number of nitrogens with zero attached hydrogens (tertiary/aromatic N) is 2. The molecule has 1 fully saturated rings. The van der Waals surface area contributed by atoms with Crippen molar-refractivity contribution in [3.8, 4) is 0 Å². The lowest BCUT2D eigenvalue weighted by Crippen LogP contribution is -2.55. The van der Waals surface area contributed by atoms with E-state index in [-0.39, 0.29) is 24.6 Å². The second-order valence-corrected chi connectivity index (χ2v) is 6.73. The summed E-state index contributed by atoms with van der Waals surface area (Å²) < 4.78 is 22.9. The molecule has 1 rings (SSSR count). The van der Waals surface area contributed by atoms with E-state index in [1.54, 1.807) is 6.92 Å². The third kappa shape index (κ3) is 4.23. The SMILES string of the molecule is C=CCN(CC(=O)O)C(=O)N1CCS(=O)(=O)CC1C. The molecule has 2 amide bonds. The van der Waals surface area contributed by atoms with Crippen LogP contribution in [0, 0.1) is 0 Å². The third-order valence-electron chi connectivity index (χ3n) is 2.86. The van der Waals surface area contributed by atoms with Crippen LogP contribution in [0.3, 0.4) is 0 Å². The highest BCUT2D eigenvalue weighted by atomic mass is 32.2. The molecule has 108 valence electrons. The van der Waals surface area contributed by atoms with E-state index in [0.29, 0.717) is 0 Å². The summed E-state index contributed by atoms with van der Waals surface area (Å²) in [5.74, 6) is -1.29. The Morgan fingerprint density at radius 1 is 1.53 bits per heavy atom. The predicted molar refractivity (Wildman–Crippen MR) is 69.6 cm³/mol. The summed E-state index contributed by atoms with van der Waals surface area (Å²) in [6.07, 6.45) is 1.44. The number of carbonyl (C=O) groups is 2. The van der Waals surface area contributed by atoms with Gasteiger partial charge in [0, 0.05) is 19.1 Å². The normalized spacial score (nSPS) is 21.7. The molecule has 1 heterocycles. The fourth-order valence-electron chi connectivity index (χ4n) is 1.99. The minimum Gasteiger partial charge on any atom is -0.480 e. The molecule has 1 aliphatic rings. The quantitative estimate of drug-likeness (QED) is 0.723. The van der Waals surface area contributed by atoms with Gasteiger partial charge in [-0.2, -0.15) is 0 Å². The van der Waals surface area contributed by atoms with Gasteiger partial charge >= 0.3 is 12.0 Å². The van der Waals surface area contributed by atoms with Crippen molar-refractivity contribution < 1.29 is 23.1 Å². The number of carbonyl (C=O) groups excluding carboxylic acids is 1. The van der Waals surface area contributed by atoms with Crippen LogP contribution in [0.5, 0.6) is 0 Å². The highest BCUT2D eigenvalue weighted by Crippen LogP contribution is 2.14. The molecule has 0 spiro atoms. The Labute approximate surface area is 112 Å². The molecule has 0 aliphatic carbocycles. The number of hydrogen-bond acceptors (Lipinski definition) is 4. The molecule has 0 aromatic heterocycles. The van der Waals surface area contributed by atoms with Crippen LogP contribution in [-0.2, 0) is 14.6 Å². The van der Waals surface area contributed by atoms with E-state index in [9.17, 15) is 18.0 Å². The van der Waals surface area contributed by atoms with Gasteiger partial charge in [-0.1, -0.05) is 6.08 Å². The standard InChI is InChI=1S/C11H18N2O5S/c1-3-4-12(7-10(14)15)11(16)13-5-6-19(17,18)8-9(13)2/h3,9H,1,4-8H2,2H3,(H,14,15). The Hall–Kier alpha value is -1.57. The summed E-state index contributed by atoms with van der Waals surface area (Å²) in [6.45, 7) is 4.89. The summed E-state index contributed by atoms with van der Waals surface area (Å²) in [5.41, 5.74) is 0. The number of carboxylic acids is 1. The molecule has 0 bridgehead atoms. The second kappa shape index (κ2) is 6.05. The van der Waals surface area contributed by atoms with Gasteiger partial charge in [0.1, 0.15) is 6.54 Å². The number of amides is 2. The van der Waals surface area contributed by atoms with Crippen molar-refractivity contribution in [2.45, 2.75) is 13.0 Å². The van der Waals surface area contributed by atoms with Gasteiger partial charge < -0.3 is 14.9 Å². The van der Waals surface area contributed by atoms with Crippen LogP contribution >= 0.6 is 0 Å². The largest absolute Gasteiger partial charge is 0.480 e. The van der Waals surface area contributed by atoms with Gasteiger partial charge in [0.25, 0.3) is 0 Å². The number of hydrogen-bond donors (Lipinski definition) is 1. The summed E-state index contributed by atoms with van der Waals surface area (Å²) in [6, 6.07) is -0.919. The van der Waals surface area contributed by atoms with Gasteiger partial charge in [0.15, 0.2) is 9.84 Å². The molecule has 0 radical (unpaired) electrons. The lowest BCUT2D eigenvalue weighted by atomic mass is 10.3. The van der Waals surface area contributed by atoms with E-state index in [2.05, 4.69) is 6.58 Å². The Kier molecular flexibility index (Phi) is 4.93. The van der Waals surface area contributed by atoms with Crippen LogP contribution in [0.15, 0.2) is 12.7 Å². The molecule has 0 aromatic carbocycles. The number of aliphatic carboxylic acids is 1. The van der Waals surface area contributed by atoms with Gasteiger partial charge in [0.05, 0.1) is 11.5 Å². The minimum atomic E-state index is -3.11. The fourth-order valence-corrected chi connectivity index (χ4v) is 3.55. The van der Waals surface area contributed by atoms with Gasteiger partial charge in [-0.25, -0.2) is 13.2 Å². The van der Waals surface area contributed by atoms with Crippen LogP contribution in [0.4, 0.5) is 4.79 Å². The molecule has 1 unspecified atom stereocenters. The van der Waals surface area contributed by atoms with E-state index >= 15 is 0 Å². The molecular formula is C11H18N2O5S. The van der Waals surface area contributed by atoms with Crippen molar-refractivity contribution in [3.63, 3.8) is 0 Å². The lowest BCUT2D eigenvalue weighted by Gasteiger charge is -2.36. The molecule has 1 aliphatic heterocycles. The van der Waals surface area contributed by atoms with Crippen molar-refractivity contribution in [1.29, 1.82) is 0 Å². The molecule has 1 atom stereocenters. The van der Waals surface area contributed by atoms with Crippen LogP contribution in [-0.4, -0.2) is 72.5 Å². The number of rotatable bonds is 4. The zero-order chi connectivity index (χ0) is 14.6. The first-order valence-corrected chi connectivity index (χ1v) is 7.67. The second-order valence-electron chi connectivity index (χ2n) is 4.50. The number of urea groups is 1. The molecule has 19 heavy (non-hydrogen) atoms. The number of carboxylic acid groups (broad SMARTS) is 1. The molecule has 0 saturated carbocycles. The Morgan fingerprint density at radius 2 is 2.16 bits per heavy atom. The van der Waals surface area contributed by atoms with E-state index in [4.69, 9.17) is 5.11 Å². The van der Waals surface area contributed by atoms with Crippen molar-refractivity contribution in [2.75, 3.05) is 31.1 Å². The van der Waals surface area contributed by atoms with E-state index in [0.717, 1.165) is 4.90 Å². The first kappa shape index (κ1) is 15.5. The monoisotopic (exact) mass is 290 g/mol. The molecule has 0 aromatic rings. The van der Waals surface area contributed by atoms with Crippen molar-refractivity contribution in [2.24, 2.45) is 0 Å². The third-order valence-corrected chi connectivity index (χ3v) is 4.66. The van der Waals surface area contributed by atoms with Crippen LogP contribution in [0.1, 0.15) is 6.92 Å². The van der Waals surface area contributed by atoms with E-state index in [1.165, 1.54) is 11.0 Å². The van der Waals surface area contributed by atoms with Crippen molar-refractivity contribution in [1.82, 2.24) is 9.80 Å². The van der Waals surface area contributed by atoms with Crippen LogP contribution < -0.4 is 0 Å². The topological polar surface area (TPSA) is 95.0 Å². The minimum absolute atomic E-state index is 0.0852. The maximum absolute atomic E-state index is 12.2. The molecule has 1 N–H and O–H groups in total. The van der Waals surface area contributed by atoms with Crippen LogP contribution in [0.25, 0.3) is 0 Å². The van der Waals surface area contributed by atoms with Crippen molar-refractivity contribution in [3.05, 3.63) is 12.7 Å². The van der Waals surface area contributed by atoms with Gasteiger partial charge in [0.2, 0.25) is 0 Å². The zero-order valence-electron chi connectivity index (χ0n) is 10.8. The average molecular weight is 290 g/mol. The maximum Gasteiger partial charge on any atom is 0.323 e. The predicted octanol–water partition coefficient (Wildman–Crippen LogP) is -0.202. The average Bonchev–Trinajstić information content (AvgIpc) is 2.26. The van der Waals surface area contributed by atoms with Crippen molar-refractivity contribution >= 4 is 21.8 Å². The Bertz CT molecular complexity index is 473. The fraction of sp³-hybridized carbons (Fsp3) is 0.636. The zero-order valence-corrected chi connectivity index (χ0v) is 11.6. The summed E-state index contributed by atoms with van der Waals surface area (Å²) in [4.78, 5) is 25.4. The lowest BCUT2D eigenvalue weighted by molar-refractivity contribution is -0.137. The summed E-state index contributed by atoms with van der Waals surface area (Å²) >= 11 is 0. The molecular weight excluding hydrogens is 272 g/mol. The highest BCUT2D eigenvalue weighted by molar-refractivity contribution is 7.91. The summed E-state index contributed by atoms with van der Waals surface area (Å²) in [7, 11) is -3.11. The molecule has 8 heteroatoms. The number of sulfone groups is 1. The summed E-state index contributed by atoms with van der Waals surface area (Å²) in [5, 5.41) is 8.76. The van der Waals surface area contributed by atoms with Gasteiger partial charge in [-0.3, -0.25) is 4.79 Å². The Morgan fingerprint density at radius 3 is 2.63 bits per heavy atom. The maximum atomic E-state index is 12.2. The van der Waals surface area contributed by atoms with Gasteiger partial charge in [-0.15, -0.1) is 6.58 Å². The van der Waals surface area contributed by atoms with E-state index in [1.807, 2.05) is 0 Å². The smallest absolute Gasteiger partial charge is 0.323 e. The molecule has 1 saturated heterocycles.